The van der Waals surface area contributed by atoms with E-state index in [0.717, 1.165) is 18.8 Å². The average molecular weight is 484 g/mol. The van der Waals surface area contributed by atoms with Crippen molar-refractivity contribution in [3.63, 3.8) is 0 Å². The van der Waals surface area contributed by atoms with E-state index in [-0.39, 0.29) is 23.2 Å². The van der Waals surface area contributed by atoms with Gasteiger partial charge in [0.05, 0.1) is 12.2 Å². The van der Waals surface area contributed by atoms with E-state index < -0.39 is 0 Å². The summed E-state index contributed by atoms with van der Waals surface area (Å²) >= 11 is 0. The number of nitrogens with one attached hydrogen (secondary N) is 2. The van der Waals surface area contributed by atoms with Crippen LogP contribution in [0.3, 0.4) is 0 Å². The SMILES string of the molecule is CC(=O)Nc1cc(Oc2cnc3nc(NC4=NC5CCN(C)C6(CC6)C5=C4)n(C)c3c2C#N)ccn1. The lowest BCUT2D eigenvalue weighted by molar-refractivity contribution is -0.114. The molecular formula is C25H25N9O2. The van der Waals surface area contributed by atoms with Crippen molar-refractivity contribution in [3.05, 3.63) is 41.7 Å². The van der Waals surface area contributed by atoms with E-state index in [0.29, 0.717) is 34.2 Å². The molecular weight excluding hydrogens is 458 g/mol. The fourth-order valence-electron chi connectivity index (χ4n) is 5.21. The van der Waals surface area contributed by atoms with E-state index in [1.165, 1.54) is 37.7 Å². The molecule has 11 nitrogen and oxygen atoms in total. The molecule has 1 saturated carbocycles. The summed E-state index contributed by atoms with van der Waals surface area (Å²) in [4.78, 5) is 31.9. The number of nitriles is 1. The van der Waals surface area contributed by atoms with Crippen molar-refractivity contribution in [3.8, 4) is 17.6 Å². The highest BCUT2D eigenvalue weighted by Gasteiger charge is 2.54. The summed E-state index contributed by atoms with van der Waals surface area (Å²) in [6.07, 6.45) is 8.54. The van der Waals surface area contributed by atoms with E-state index in [2.05, 4.69) is 49.7 Å². The highest BCUT2D eigenvalue weighted by Crippen LogP contribution is 2.52. The molecule has 11 heteroatoms. The molecule has 1 unspecified atom stereocenters. The van der Waals surface area contributed by atoms with Crippen LogP contribution in [-0.2, 0) is 11.8 Å². The molecule has 0 radical (unpaired) electrons. The number of nitrogens with zero attached hydrogens (tertiary/aromatic N) is 7. The van der Waals surface area contributed by atoms with Crippen molar-refractivity contribution in [1.82, 2.24) is 24.4 Å². The van der Waals surface area contributed by atoms with Crippen LogP contribution in [0.5, 0.6) is 11.5 Å². The number of likely N-dealkylation sites (N-methyl/N-ethyl adjacent to an activating group) is 1. The first-order chi connectivity index (χ1) is 17.4. The number of carbonyl (C=O) groups is 1. The van der Waals surface area contributed by atoms with Gasteiger partial charge in [-0.1, -0.05) is 0 Å². The highest BCUT2D eigenvalue weighted by atomic mass is 16.5. The second kappa shape index (κ2) is 8.13. The minimum atomic E-state index is -0.239. The van der Waals surface area contributed by atoms with Crippen molar-refractivity contribution in [2.24, 2.45) is 12.0 Å². The number of carbonyl (C=O) groups excluding carboxylic acids is 1. The maximum absolute atomic E-state index is 11.3. The Morgan fingerprint density at radius 1 is 1.31 bits per heavy atom. The molecule has 36 heavy (non-hydrogen) atoms. The number of hydrogen-bond acceptors (Lipinski definition) is 9. The second-order valence-corrected chi connectivity index (χ2v) is 9.43. The van der Waals surface area contributed by atoms with Gasteiger partial charge < -0.3 is 19.9 Å². The van der Waals surface area contributed by atoms with Crippen molar-refractivity contribution < 1.29 is 9.53 Å². The van der Waals surface area contributed by atoms with Crippen molar-refractivity contribution in [2.45, 2.75) is 37.8 Å². The third-order valence-corrected chi connectivity index (χ3v) is 7.15. The number of piperidine rings is 1. The third-order valence-electron chi connectivity index (χ3n) is 7.15. The van der Waals surface area contributed by atoms with Gasteiger partial charge in [0, 0.05) is 38.3 Å². The van der Waals surface area contributed by atoms with E-state index in [4.69, 9.17) is 9.73 Å². The Labute approximate surface area is 207 Å². The lowest BCUT2D eigenvalue weighted by Gasteiger charge is -2.37. The zero-order chi connectivity index (χ0) is 25.0. The molecule has 2 aliphatic heterocycles. The van der Waals surface area contributed by atoms with Gasteiger partial charge in [-0.3, -0.25) is 14.7 Å². The maximum atomic E-state index is 11.3. The normalized spacial score (nSPS) is 19.9. The number of aliphatic imine (C=N–C) groups is 1. The highest BCUT2D eigenvalue weighted by molar-refractivity contribution is 6.06. The van der Waals surface area contributed by atoms with Gasteiger partial charge in [-0.2, -0.15) is 10.2 Å². The fourth-order valence-corrected chi connectivity index (χ4v) is 5.21. The topological polar surface area (TPSA) is 133 Å². The van der Waals surface area contributed by atoms with Crippen LogP contribution < -0.4 is 15.4 Å². The Hall–Kier alpha value is -4.30. The molecule has 2 N–H and O–H groups in total. The average Bonchev–Trinajstić information content (AvgIpc) is 3.44. The third kappa shape index (κ3) is 3.58. The van der Waals surface area contributed by atoms with Crippen LogP contribution in [0.1, 0.15) is 31.7 Å². The molecule has 1 saturated heterocycles. The van der Waals surface area contributed by atoms with Gasteiger partial charge in [0.2, 0.25) is 11.9 Å². The second-order valence-electron chi connectivity index (χ2n) is 9.43. The molecule has 1 aliphatic carbocycles. The lowest BCUT2D eigenvalue weighted by Crippen LogP contribution is -2.44. The number of amides is 1. The zero-order valence-electron chi connectivity index (χ0n) is 20.2. The summed E-state index contributed by atoms with van der Waals surface area (Å²) in [5.41, 5.74) is 2.85. The van der Waals surface area contributed by atoms with E-state index in [1.54, 1.807) is 16.7 Å². The number of pyridine rings is 2. The first-order valence-electron chi connectivity index (χ1n) is 11.8. The van der Waals surface area contributed by atoms with Crippen molar-refractivity contribution in [2.75, 3.05) is 24.2 Å². The van der Waals surface area contributed by atoms with Crippen LogP contribution in [0.2, 0.25) is 0 Å². The molecule has 182 valence electrons. The Bertz CT molecular complexity index is 1510. The molecule has 2 fully saturated rings. The minimum Gasteiger partial charge on any atom is -0.454 e. The number of fused-ring (bicyclic) bond motifs is 3. The number of rotatable bonds is 4. The molecule has 3 aromatic rings. The predicted octanol–water partition coefficient (Wildman–Crippen LogP) is 2.97. The summed E-state index contributed by atoms with van der Waals surface area (Å²) in [6.45, 7) is 2.45. The summed E-state index contributed by atoms with van der Waals surface area (Å²) in [7, 11) is 4.03. The van der Waals surface area contributed by atoms with Gasteiger partial charge in [0.1, 0.15) is 34.6 Å². The first-order valence-corrected chi connectivity index (χ1v) is 11.8. The molecule has 0 aromatic carbocycles. The van der Waals surface area contributed by atoms with Crippen molar-refractivity contribution in [1.29, 1.82) is 5.26 Å². The number of hydrogen-bond donors (Lipinski definition) is 2. The summed E-state index contributed by atoms with van der Waals surface area (Å²) in [6, 6.07) is 5.67. The van der Waals surface area contributed by atoms with Crippen LogP contribution in [-0.4, -0.2) is 61.3 Å². The Morgan fingerprint density at radius 3 is 2.89 bits per heavy atom. The molecule has 3 aliphatic rings. The molecule has 1 amide bonds. The predicted molar refractivity (Wildman–Crippen MR) is 134 cm³/mol. The number of aromatic nitrogens is 4. The lowest BCUT2D eigenvalue weighted by atomic mass is 9.90. The zero-order valence-corrected chi connectivity index (χ0v) is 20.2. The summed E-state index contributed by atoms with van der Waals surface area (Å²) in [5, 5.41) is 16.0. The molecule has 5 heterocycles. The van der Waals surface area contributed by atoms with Crippen molar-refractivity contribution >= 4 is 34.7 Å². The molecule has 1 spiro atoms. The number of aryl methyl sites for hydroxylation is 1. The van der Waals surface area contributed by atoms with Gasteiger partial charge in [0.15, 0.2) is 11.4 Å². The number of likely N-dealkylation sites (tertiary alicyclic amines) is 1. The molecule has 1 atom stereocenters. The monoisotopic (exact) mass is 483 g/mol. The first kappa shape index (κ1) is 22.2. The van der Waals surface area contributed by atoms with Gasteiger partial charge in [-0.15, -0.1) is 0 Å². The Morgan fingerprint density at radius 2 is 2.14 bits per heavy atom. The molecule has 3 aromatic heterocycles. The summed E-state index contributed by atoms with van der Waals surface area (Å²) in [5.74, 6) is 2.15. The largest absolute Gasteiger partial charge is 0.454 e. The Kier molecular flexibility index (Phi) is 5.01. The summed E-state index contributed by atoms with van der Waals surface area (Å²) < 4.78 is 7.75. The Balaban J connectivity index is 1.30. The van der Waals surface area contributed by atoms with E-state index in [1.807, 2.05) is 7.05 Å². The van der Waals surface area contributed by atoms with Crippen LogP contribution in [0.15, 0.2) is 41.2 Å². The molecule has 6 rings (SSSR count). The maximum Gasteiger partial charge on any atom is 0.222 e. The quantitative estimate of drug-likeness (QED) is 0.579. The van der Waals surface area contributed by atoms with Gasteiger partial charge in [0.25, 0.3) is 0 Å². The standard InChI is InChI=1S/C25H25N9O2/c1-14(35)29-20-10-15(4-8-27-20)36-19-13-28-23-22(16(19)12-26)34(3)24(32-23)31-21-11-17-18(30-21)5-9-33(2)25(17)6-7-25/h4,8,10-11,13,18H,5-7,9H2,1-3H3,(H,27,29,35)(H,28,30,31,32). The van der Waals surface area contributed by atoms with Gasteiger partial charge in [-0.25, -0.2) is 9.97 Å². The van der Waals surface area contributed by atoms with Gasteiger partial charge in [-0.05, 0) is 44.0 Å². The van der Waals surface area contributed by atoms with Crippen LogP contribution in [0, 0.1) is 11.3 Å². The van der Waals surface area contributed by atoms with E-state index >= 15 is 0 Å². The number of amidine groups is 1. The van der Waals surface area contributed by atoms with E-state index in [9.17, 15) is 10.1 Å². The number of imidazole rings is 1. The molecule has 0 bridgehead atoms. The fraction of sp³-hybridized carbons (Fsp3) is 0.360. The number of ether oxygens (including phenoxy) is 1. The van der Waals surface area contributed by atoms with Gasteiger partial charge >= 0.3 is 0 Å². The smallest absolute Gasteiger partial charge is 0.222 e. The van der Waals surface area contributed by atoms with Crippen LogP contribution in [0.25, 0.3) is 11.2 Å². The van der Waals surface area contributed by atoms with Crippen LogP contribution in [0.4, 0.5) is 11.8 Å². The minimum absolute atomic E-state index is 0.177. The number of anilines is 2. The van der Waals surface area contributed by atoms with Crippen LogP contribution >= 0.6 is 0 Å².